The maximum atomic E-state index is 13.5. The van der Waals surface area contributed by atoms with Gasteiger partial charge >= 0.3 is 0 Å². The van der Waals surface area contributed by atoms with E-state index in [2.05, 4.69) is 15.2 Å². The van der Waals surface area contributed by atoms with Gasteiger partial charge in [-0.3, -0.25) is 9.78 Å². The predicted octanol–water partition coefficient (Wildman–Crippen LogP) is 5.05. The van der Waals surface area contributed by atoms with Gasteiger partial charge in [0.25, 0.3) is 5.91 Å². The first-order valence-electron chi connectivity index (χ1n) is 9.85. The van der Waals surface area contributed by atoms with Crippen LogP contribution in [-0.2, 0) is 6.54 Å². The highest BCUT2D eigenvalue weighted by atomic mass is 35.5. The molecule has 1 aliphatic rings. The number of fused-ring (bicyclic) bond motifs is 1. The lowest BCUT2D eigenvalue weighted by atomic mass is 10.1. The van der Waals surface area contributed by atoms with Crippen LogP contribution in [0.15, 0.2) is 59.0 Å². The van der Waals surface area contributed by atoms with Crippen molar-refractivity contribution in [2.24, 2.45) is 0 Å². The molecule has 0 atom stereocenters. The van der Waals surface area contributed by atoms with Crippen LogP contribution in [0.4, 0.5) is 0 Å². The lowest BCUT2D eigenvalue weighted by Crippen LogP contribution is -2.33. The van der Waals surface area contributed by atoms with E-state index in [-0.39, 0.29) is 18.5 Å². The SMILES string of the molecule is Cc1cc(C(=O)N(Cc2nnc(-c3ccccc3Cl)o2)C2CC2)c2ccccc2n1. The maximum absolute atomic E-state index is 13.5. The van der Waals surface area contributed by atoms with Crippen LogP contribution < -0.4 is 0 Å². The Morgan fingerprint density at radius 1 is 1.13 bits per heavy atom. The lowest BCUT2D eigenvalue weighted by molar-refractivity contribution is 0.0716. The standard InChI is InChI=1S/C23H19ClN4O2/c1-14-12-18(16-6-3-5-9-20(16)25-14)23(29)28(15-10-11-15)13-21-26-27-22(30-21)17-7-2-4-8-19(17)24/h2-9,12,15H,10-11,13H2,1H3. The molecule has 6 nitrogen and oxygen atoms in total. The van der Waals surface area contributed by atoms with Crippen molar-refractivity contribution in [3.63, 3.8) is 0 Å². The highest BCUT2D eigenvalue weighted by Crippen LogP contribution is 2.32. The maximum Gasteiger partial charge on any atom is 0.255 e. The second-order valence-corrected chi connectivity index (χ2v) is 7.88. The molecule has 1 aliphatic carbocycles. The van der Waals surface area contributed by atoms with Gasteiger partial charge < -0.3 is 9.32 Å². The molecule has 1 amide bonds. The number of para-hydroxylation sites is 1. The van der Waals surface area contributed by atoms with E-state index in [0.29, 0.717) is 27.9 Å². The van der Waals surface area contributed by atoms with Crippen LogP contribution in [0.25, 0.3) is 22.4 Å². The summed E-state index contributed by atoms with van der Waals surface area (Å²) in [6, 6.07) is 17.1. The van der Waals surface area contributed by atoms with Crippen LogP contribution in [0.1, 0.15) is 34.8 Å². The van der Waals surface area contributed by atoms with Crippen molar-refractivity contribution in [2.75, 3.05) is 0 Å². The van der Waals surface area contributed by atoms with Gasteiger partial charge in [0, 0.05) is 17.1 Å². The van der Waals surface area contributed by atoms with Gasteiger partial charge in [-0.25, -0.2) is 0 Å². The molecule has 5 rings (SSSR count). The van der Waals surface area contributed by atoms with Crippen molar-refractivity contribution in [1.29, 1.82) is 0 Å². The lowest BCUT2D eigenvalue weighted by Gasteiger charge is -2.21. The van der Waals surface area contributed by atoms with Crippen molar-refractivity contribution in [3.8, 4) is 11.5 Å². The number of rotatable bonds is 5. The highest BCUT2D eigenvalue weighted by molar-refractivity contribution is 6.33. The number of carbonyl (C=O) groups excluding carboxylic acids is 1. The summed E-state index contributed by atoms with van der Waals surface area (Å²) in [5.74, 6) is 0.695. The second kappa shape index (κ2) is 7.54. The minimum atomic E-state index is -0.0447. The zero-order chi connectivity index (χ0) is 20.7. The Balaban J connectivity index is 1.47. The average molecular weight is 419 g/mol. The first-order chi connectivity index (χ1) is 14.6. The smallest absolute Gasteiger partial charge is 0.255 e. The van der Waals surface area contributed by atoms with E-state index in [1.54, 1.807) is 6.07 Å². The Morgan fingerprint density at radius 3 is 2.70 bits per heavy atom. The minimum absolute atomic E-state index is 0.0447. The molecule has 2 aromatic carbocycles. The van der Waals surface area contributed by atoms with Crippen LogP contribution in [-0.4, -0.2) is 32.0 Å². The van der Waals surface area contributed by atoms with E-state index in [1.165, 1.54) is 0 Å². The molecule has 30 heavy (non-hydrogen) atoms. The van der Waals surface area contributed by atoms with Gasteiger partial charge in [0.2, 0.25) is 11.8 Å². The average Bonchev–Trinajstić information content (AvgIpc) is 3.49. The van der Waals surface area contributed by atoms with Gasteiger partial charge in [0.1, 0.15) is 0 Å². The molecule has 2 heterocycles. The fraction of sp³-hybridized carbons (Fsp3) is 0.217. The molecule has 7 heteroatoms. The van der Waals surface area contributed by atoms with Crippen molar-refractivity contribution >= 4 is 28.4 Å². The van der Waals surface area contributed by atoms with E-state index in [4.69, 9.17) is 16.0 Å². The Labute approximate surface area is 178 Å². The van der Waals surface area contributed by atoms with Gasteiger partial charge in [-0.15, -0.1) is 10.2 Å². The van der Waals surface area contributed by atoms with Crippen LogP contribution in [0.5, 0.6) is 0 Å². The van der Waals surface area contributed by atoms with Crippen LogP contribution in [0, 0.1) is 6.92 Å². The first kappa shape index (κ1) is 18.8. The fourth-order valence-corrected chi connectivity index (χ4v) is 3.82. The number of amides is 1. The molecule has 4 aromatic rings. The zero-order valence-corrected chi connectivity index (χ0v) is 17.1. The third-order valence-electron chi connectivity index (χ3n) is 5.20. The van der Waals surface area contributed by atoms with Gasteiger partial charge in [-0.05, 0) is 44.0 Å². The molecule has 0 radical (unpaired) electrons. The molecule has 1 fully saturated rings. The summed E-state index contributed by atoms with van der Waals surface area (Å²) >= 11 is 6.24. The van der Waals surface area contributed by atoms with Crippen molar-refractivity contribution < 1.29 is 9.21 Å². The van der Waals surface area contributed by atoms with E-state index < -0.39 is 0 Å². The predicted molar refractivity (Wildman–Crippen MR) is 114 cm³/mol. The molecule has 0 spiro atoms. The molecular weight excluding hydrogens is 400 g/mol. The Kier molecular flexibility index (Phi) is 4.71. The summed E-state index contributed by atoms with van der Waals surface area (Å²) in [4.78, 5) is 19.9. The first-order valence-corrected chi connectivity index (χ1v) is 10.2. The number of hydrogen-bond donors (Lipinski definition) is 0. The number of aromatic nitrogens is 3. The summed E-state index contributed by atoms with van der Waals surface area (Å²) in [5, 5.41) is 9.68. The van der Waals surface area contributed by atoms with E-state index in [0.717, 1.165) is 29.4 Å². The molecule has 0 aliphatic heterocycles. The second-order valence-electron chi connectivity index (χ2n) is 7.47. The molecule has 0 N–H and O–H groups in total. The molecule has 2 aromatic heterocycles. The molecule has 150 valence electrons. The van der Waals surface area contributed by atoms with E-state index >= 15 is 0 Å². The normalized spacial score (nSPS) is 13.5. The monoisotopic (exact) mass is 418 g/mol. The van der Waals surface area contributed by atoms with Gasteiger partial charge in [0.15, 0.2) is 0 Å². The van der Waals surface area contributed by atoms with Crippen molar-refractivity contribution in [2.45, 2.75) is 32.4 Å². The van der Waals surface area contributed by atoms with Gasteiger partial charge in [-0.1, -0.05) is 41.9 Å². The summed E-state index contributed by atoms with van der Waals surface area (Å²) in [7, 11) is 0. The quantitative estimate of drug-likeness (QED) is 0.453. The third-order valence-corrected chi connectivity index (χ3v) is 5.53. The summed E-state index contributed by atoms with van der Waals surface area (Å²) in [6.07, 6.45) is 1.94. The van der Waals surface area contributed by atoms with Crippen LogP contribution in [0.2, 0.25) is 5.02 Å². The molecule has 0 bridgehead atoms. The zero-order valence-electron chi connectivity index (χ0n) is 16.4. The highest BCUT2D eigenvalue weighted by Gasteiger charge is 2.35. The number of pyridine rings is 1. The Morgan fingerprint density at radius 2 is 1.90 bits per heavy atom. The van der Waals surface area contributed by atoms with E-state index in [1.807, 2.05) is 60.4 Å². The fourth-order valence-electron chi connectivity index (χ4n) is 3.60. The topological polar surface area (TPSA) is 72.1 Å². The largest absolute Gasteiger partial charge is 0.419 e. The number of carbonyl (C=O) groups is 1. The van der Waals surface area contributed by atoms with Gasteiger partial charge in [0.05, 0.1) is 28.2 Å². The van der Waals surface area contributed by atoms with Crippen LogP contribution >= 0.6 is 11.6 Å². The minimum Gasteiger partial charge on any atom is -0.419 e. The number of nitrogens with zero attached hydrogens (tertiary/aromatic N) is 4. The van der Waals surface area contributed by atoms with Crippen molar-refractivity contribution in [1.82, 2.24) is 20.1 Å². The van der Waals surface area contributed by atoms with Crippen molar-refractivity contribution in [3.05, 3.63) is 76.8 Å². The third kappa shape index (κ3) is 3.55. The Bertz CT molecular complexity index is 1250. The summed E-state index contributed by atoms with van der Waals surface area (Å²) in [5.41, 5.74) is 2.95. The number of halogens is 1. The number of aryl methyl sites for hydroxylation is 1. The number of benzene rings is 2. The molecule has 1 saturated carbocycles. The van der Waals surface area contributed by atoms with E-state index in [9.17, 15) is 4.79 Å². The van der Waals surface area contributed by atoms with Gasteiger partial charge in [-0.2, -0.15) is 0 Å². The Hall–Kier alpha value is -3.25. The number of hydrogen-bond acceptors (Lipinski definition) is 5. The molecular formula is C23H19ClN4O2. The van der Waals surface area contributed by atoms with Crippen LogP contribution in [0.3, 0.4) is 0 Å². The summed E-state index contributed by atoms with van der Waals surface area (Å²) < 4.78 is 5.84. The molecule has 0 unspecified atom stereocenters. The molecule has 0 saturated heterocycles. The summed E-state index contributed by atoms with van der Waals surface area (Å²) in [6.45, 7) is 2.16.